The second-order valence-corrected chi connectivity index (χ2v) is 2.18. The van der Waals surface area contributed by atoms with Crippen molar-refractivity contribution in [2.45, 2.75) is 31.9 Å². The Morgan fingerprint density at radius 1 is 1.18 bits per heavy atom. The van der Waals surface area contributed by atoms with Crippen molar-refractivity contribution in [3.63, 3.8) is 0 Å². The summed E-state index contributed by atoms with van der Waals surface area (Å²) >= 11 is 0. The fraction of sp³-hybridized carbons (Fsp3) is 0.625. The molecule has 11 heavy (non-hydrogen) atoms. The van der Waals surface area contributed by atoms with Crippen molar-refractivity contribution < 1.29 is 13.2 Å². The zero-order valence-corrected chi connectivity index (χ0v) is 6.17. The summed E-state index contributed by atoms with van der Waals surface area (Å²) in [4.78, 5) is 0. The highest BCUT2D eigenvalue weighted by Gasteiger charge is 2.25. The lowest BCUT2D eigenvalue weighted by molar-refractivity contribution is -0.135. The fourth-order valence-corrected chi connectivity index (χ4v) is 0.627. The van der Waals surface area contributed by atoms with E-state index in [-0.39, 0.29) is 6.42 Å². The van der Waals surface area contributed by atoms with E-state index in [4.69, 9.17) is 0 Å². The fourth-order valence-electron chi connectivity index (χ4n) is 0.627. The molecule has 0 aliphatic rings. The Balaban J connectivity index is 3.19. The molecule has 0 N–H and O–H groups in total. The molecule has 0 unspecified atom stereocenters. The Hall–Kier alpha value is -0.650. The van der Waals surface area contributed by atoms with Crippen molar-refractivity contribution in [2.75, 3.05) is 0 Å². The molecule has 0 bridgehead atoms. The molecule has 0 atom stereocenters. The van der Waals surface area contributed by atoms with Gasteiger partial charge in [-0.1, -0.05) is 0 Å². The molecule has 63 valence electrons. The first-order valence-electron chi connectivity index (χ1n) is 3.38. The lowest BCUT2D eigenvalue weighted by Crippen LogP contribution is -2.05. The second-order valence-electron chi connectivity index (χ2n) is 2.18. The first-order valence-corrected chi connectivity index (χ1v) is 3.38. The molecule has 0 aliphatic carbocycles. The Kier molecular flexibility index (Phi) is 4.76. The average Bonchev–Trinajstić information content (AvgIpc) is 1.85. The largest absolute Gasteiger partial charge is 0.389 e. The van der Waals surface area contributed by atoms with Gasteiger partial charge in [0.1, 0.15) is 0 Å². The minimum absolute atomic E-state index is 0.165. The monoisotopic (exact) mass is 163 g/mol. The van der Waals surface area contributed by atoms with Crippen LogP contribution in [0.4, 0.5) is 13.2 Å². The number of halogens is 3. The van der Waals surface area contributed by atoms with Crippen LogP contribution in [-0.2, 0) is 0 Å². The number of rotatable bonds is 3. The summed E-state index contributed by atoms with van der Waals surface area (Å²) in [6, 6.07) is 0. The van der Waals surface area contributed by atoms with Gasteiger partial charge in [0.15, 0.2) is 0 Å². The van der Waals surface area contributed by atoms with Crippen LogP contribution >= 0.6 is 0 Å². The predicted octanol–water partition coefficient (Wildman–Crippen LogP) is 2.95. The van der Waals surface area contributed by atoms with Gasteiger partial charge >= 0.3 is 6.18 Å². The van der Waals surface area contributed by atoms with Gasteiger partial charge < -0.3 is 0 Å². The maximum absolute atomic E-state index is 11.5. The minimum Gasteiger partial charge on any atom is -0.171 e. The van der Waals surface area contributed by atoms with Crippen LogP contribution in [0.3, 0.4) is 0 Å². The number of unbranched alkanes of at least 4 members (excludes halogenated alkanes) is 2. The third-order valence-electron chi connectivity index (χ3n) is 1.14. The van der Waals surface area contributed by atoms with Crippen LogP contribution in [-0.4, -0.2) is 6.18 Å². The summed E-state index contributed by atoms with van der Waals surface area (Å²) in [6.07, 6.45) is -3.54. The van der Waals surface area contributed by atoms with Gasteiger partial charge in [-0.05, 0) is 12.8 Å². The molecular weight excluding hydrogens is 153 g/mol. The highest BCUT2D eigenvalue weighted by atomic mass is 19.4. The van der Waals surface area contributed by atoms with Crippen LogP contribution in [0, 0.1) is 18.8 Å². The highest BCUT2D eigenvalue weighted by molar-refractivity contribution is 5.00. The predicted molar refractivity (Wildman–Crippen MR) is 37.7 cm³/mol. The van der Waals surface area contributed by atoms with E-state index in [2.05, 4.69) is 18.8 Å². The molecule has 0 heterocycles. The van der Waals surface area contributed by atoms with E-state index in [9.17, 15) is 13.2 Å². The third-order valence-corrected chi connectivity index (χ3v) is 1.14. The zero-order chi connectivity index (χ0) is 8.74. The molecule has 0 fully saturated rings. The quantitative estimate of drug-likeness (QED) is 0.443. The summed E-state index contributed by atoms with van der Waals surface area (Å²) in [5.41, 5.74) is 0. The SMILES string of the molecule is [CH2]C#CCCCCC(F)(F)F. The zero-order valence-electron chi connectivity index (χ0n) is 6.17. The molecule has 0 aliphatic heterocycles. The molecular formula is C8H10F3. The van der Waals surface area contributed by atoms with Crippen LogP contribution in [0.15, 0.2) is 0 Å². The molecule has 1 radical (unpaired) electrons. The molecule has 0 nitrogen and oxygen atoms in total. The van der Waals surface area contributed by atoms with Crippen molar-refractivity contribution in [1.82, 2.24) is 0 Å². The number of hydrogen-bond acceptors (Lipinski definition) is 0. The number of hydrogen-bond donors (Lipinski definition) is 0. The van der Waals surface area contributed by atoms with Crippen molar-refractivity contribution in [3.8, 4) is 11.8 Å². The van der Waals surface area contributed by atoms with E-state index in [0.29, 0.717) is 12.8 Å². The topological polar surface area (TPSA) is 0 Å². The van der Waals surface area contributed by atoms with E-state index < -0.39 is 12.6 Å². The van der Waals surface area contributed by atoms with Gasteiger partial charge in [-0.3, -0.25) is 0 Å². The maximum Gasteiger partial charge on any atom is 0.389 e. The summed E-state index contributed by atoms with van der Waals surface area (Å²) in [7, 11) is 0. The smallest absolute Gasteiger partial charge is 0.171 e. The number of alkyl halides is 3. The Bertz CT molecular complexity index is 147. The first-order chi connectivity index (χ1) is 5.06. The standard InChI is InChI=1S/C8H10F3/c1-2-3-4-5-6-7-8(9,10)11/h1,4-7H2. The van der Waals surface area contributed by atoms with Crippen molar-refractivity contribution in [1.29, 1.82) is 0 Å². The van der Waals surface area contributed by atoms with Gasteiger partial charge in [0.2, 0.25) is 0 Å². The molecule has 0 aromatic carbocycles. The van der Waals surface area contributed by atoms with Crippen molar-refractivity contribution in [3.05, 3.63) is 6.92 Å². The Morgan fingerprint density at radius 3 is 2.27 bits per heavy atom. The van der Waals surface area contributed by atoms with E-state index >= 15 is 0 Å². The van der Waals surface area contributed by atoms with Gasteiger partial charge in [0.25, 0.3) is 0 Å². The third kappa shape index (κ3) is 9.35. The van der Waals surface area contributed by atoms with Crippen LogP contribution in [0.25, 0.3) is 0 Å². The second kappa shape index (κ2) is 5.06. The van der Waals surface area contributed by atoms with Crippen molar-refractivity contribution in [2.24, 2.45) is 0 Å². The summed E-state index contributed by atoms with van der Waals surface area (Å²) in [5.74, 6) is 4.99. The molecule has 0 saturated heterocycles. The van der Waals surface area contributed by atoms with Crippen molar-refractivity contribution >= 4 is 0 Å². The molecule has 0 rings (SSSR count). The van der Waals surface area contributed by atoms with Gasteiger partial charge in [0.05, 0.1) is 0 Å². The summed E-state index contributed by atoms with van der Waals surface area (Å²) in [6.45, 7) is 3.25. The van der Waals surface area contributed by atoms with E-state index in [0.717, 1.165) is 0 Å². The lowest BCUT2D eigenvalue weighted by atomic mass is 10.2. The van der Waals surface area contributed by atoms with Gasteiger partial charge in [-0.15, -0.1) is 11.8 Å². The van der Waals surface area contributed by atoms with Gasteiger partial charge in [-0.25, -0.2) is 0 Å². The molecule has 0 spiro atoms. The molecule has 0 aromatic heterocycles. The Labute approximate surface area is 64.8 Å². The first kappa shape index (κ1) is 10.3. The lowest BCUT2D eigenvalue weighted by Gasteiger charge is -2.03. The van der Waals surface area contributed by atoms with Crippen LogP contribution in [0.5, 0.6) is 0 Å². The summed E-state index contributed by atoms with van der Waals surface area (Å²) in [5, 5.41) is 0. The normalized spacial score (nSPS) is 10.5. The molecule has 0 saturated carbocycles. The van der Waals surface area contributed by atoms with E-state index in [1.165, 1.54) is 0 Å². The molecule has 0 amide bonds. The molecule has 0 aromatic rings. The van der Waals surface area contributed by atoms with Crippen LogP contribution < -0.4 is 0 Å². The minimum atomic E-state index is -4.02. The van der Waals surface area contributed by atoms with Gasteiger partial charge in [0, 0.05) is 19.8 Å². The van der Waals surface area contributed by atoms with E-state index in [1.807, 2.05) is 0 Å². The van der Waals surface area contributed by atoms with Gasteiger partial charge in [-0.2, -0.15) is 13.2 Å². The van der Waals surface area contributed by atoms with Crippen LogP contribution in [0.2, 0.25) is 0 Å². The average molecular weight is 163 g/mol. The van der Waals surface area contributed by atoms with E-state index in [1.54, 1.807) is 0 Å². The van der Waals surface area contributed by atoms with Crippen LogP contribution in [0.1, 0.15) is 25.7 Å². The summed E-state index contributed by atoms with van der Waals surface area (Å²) < 4.78 is 34.5. The maximum atomic E-state index is 11.5. The highest BCUT2D eigenvalue weighted by Crippen LogP contribution is 2.22. The Morgan fingerprint density at radius 2 is 1.82 bits per heavy atom. The molecule has 3 heteroatoms.